The lowest BCUT2D eigenvalue weighted by Gasteiger charge is -2.47. The van der Waals surface area contributed by atoms with Crippen LogP contribution in [0, 0.1) is 11.0 Å². The second-order valence-corrected chi connectivity index (χ2v) is 10.1. The first kappa shape index (κ1) is 22.0. The predicted molar refractivity (Wildman–Crippen MR) is 134 cm³/mol. The van der Waals surface area contributed by atoms with E-state index in [0.29, 0.717) is 44.7 Å². The number of benzene rings is 3. The number of allylic oxidation sites excluding steroid dienone is 1. The number of hydrogen-bond donors (Lipinski definition) is 1. The van der Waals surface area contributed by atoms with E-state index in [1.54, 1.807) is 13.1 Å². The van der Waals surface area contributed by atoms with Crippen LogP contribution in [0.2, 0.25) is 0 Å². The standard InChI is InChI=1S/C29H27FN2O3/c1-32(34)12-10-29(11-13-32)25-9-6-19(15-26(25)31-28(29)33)14-22-16-20-7-8-23(30)17-27(20)35-18-21-4-2-3-5-24(21)22/h2-9,14-15,17H,10-13,16,18H2,1H3,(H,31,33)/b22-14+. The van der Waals surface area contributed by atoms with Gasteiger partial charge in [0, 0.05) is 31.0 Å². The number of hydroxylamine groups is 3. The Kier molecular flexibility index (Phi) is 5.06. The Balaban J connectivity index is 1.39. The maximum Gasteiger partial charge on any atom is 0.235 e. The van der Waals surface area contributed by atoms with Crippen LogP contribution in [-0.4, -0.2) is 30.7 Å². The van der Waals surface area contributed by atoms with E-state index in [2.05, 4.69) is 23.5 Å². The van der Waals surface area contributed by atoms with E-state index >= 15 is 0 Å². The molecule has 0 bridgehead atoms. The van der Waals surface area contributed by atoms with Crippen LogP contribution in [0.3, 0.4) is 0 Å². The highest BCUT2D eigenvalue weighted by molar-refractivity contribution is 6.06. The smallest absolute Gasteiger partial charge is 0.235 e. The number of quaternary nitrogens is 1. The summed E-state index contributed by atoms with van der Waals surface area (Å²) in [6.45, 7) is 1.25. The van der Waals surface area contributed by atoms with E-state index in [-0.39, 0.29) is 16.4 Å². The fourth-order valence-electron chi connectivity index (χ4n) is 5.68. The van der Waals surface area contributed by atoms with E-state index in [9.17, 15) is 14.4 Å². The summed E-state index contributed by atoms with van der Waals surface area (Å²) in [4.78, 5) is 13.1. The summed E-state index contributed by atoms with van der Waals surface area (Å²) in [5.41, 5.74) is 6.39. The van der Waals surface area contributed by atoms with Gasteiger partial charge in [-0.3, -0.25) is 4.79 Å². The zero-order chi connectivity index (χ0) is 24.2. The topological polar surface area (TPSA) is 61.4 Å². The normalized spacial score (nSPS) is 26.3. The van der Waals surface area contributed by atoms with Crippen molar-refractivity contribution in [1.82, 2.24) is 0 Å². The highest BCUT2D eigenvalue weighted by Gasteiger charge is 2.50. The minimum atomic E-state index is -0.601. The highest BCUT2D eigenvalue weighted by atomic mass is 19.1. The Bertz CT molecular complexity index is 1370. The number of nitrogens with one attached hydrogen (secondary N) is 1. The van der Waals surface area contributed by atoms with Crippen molar-refractivity contribution in [2.45, 2.75) is 31.3 Å². The van der Waals surface area contributed by atoms with Gasteiger partial charge in [0.15, 0.2) is 0 Å². The van der Waals surface area contributed by atoms with Crippen molar-refractivity contribution in [2.24, 2.45) is 0 Å². The van der Waals surface area contributed by atoms with E-state index in [1.807, 2.05) is 30.3 Å². The molecular weight excluding hydrogens is 443 g/mol. The van der Waals surface area contributed by atoms with Crippen LogP contribution in [0.15, 0.2) is 60.7 Å². The number of likely N-dealkylation sites (tertiary alicyclic amines) is 1. The number of ether oxygens (including phenoxy) is 1. The molecule has 3 aromatic carbocycles. The molecule has 3 aliphatic heterocycles. The number of nitrogens with zero attached hydrogens (tertiary/aromatic N) is 1. The summed E-state index contributed by atoms with van der Waals surface area (Å²) in [7, 11) is 1.68. The van der Waals surface area contributed by atoms with Crippen molar-refractivity contribution in [3.05, 3.63) is 99.5 Å². The van der Waals surface area contributed by atoms with Gasteiger partial charge >= 0.3 is 0 Å². The van der Waals surface area contributed by atoms with Crippen LogP contribution >= 0.6 is 0 Å². The quantitative estimate of drug-likeness (QED) is 0.381. The summed E-state index contributed by atoms with van der Waals surface area (Å²) in [6, 6.07) is 18.9. The number of fused-ring (bicyclic) bond motifs is 4. The van der Waals surface area contributed by atoms with E-state index in [1.165, 1.54) is 12.1 Å². The van der Waals surface area contributed by atoms with Crippen LogP contribution in [-0.2, 0) is 23.2 Å². The Hall–Kier alpha value is -3.48. The third-order valence-electron chi connectivity index (χ3n) is 7.76. The summed E-state index contributed by atoms with van der Waals surface area (Å²) < 4.78 is 19.5. The molecule has 3 aromatic rings. The molecule has 1 amide bonds. The second-order valence-electron chi connectivity index (χ2n) is 10.1. The molecule has 178 valence electrons. The van der Waals surface area contributed by atoms with Crippen LogP contribution in [0.5, 0.6) is 5.75 Å². The fraction of sp³-hybridized carbons (Fsp3) is 0.276. The van der Waals surface area contributed by atoms with Crippen molar-refractivity contribution >= 4 is 23.2 Å². The molecule has 3 aliphatic rings. The van der Waals surface area contributed by atoms with Gasteiger partial charge in [0.25, 0.3) is 0 Å². The monoisotopic (exact) mass is 470 g/mol. The maximum absolute atomic E-state index is 13.9. The van der Waals surface area contributed by atoms with Gasteiger partial charge in [0.2, 0.25) is 5.91 Å². The third kappa shape index (κ3) is 3.83. The molecule has 0 unspecified atom stereocenters. The number of piperidine rings is 1. The Labute approximate surface area is 204 Å². The molecule has 5 nitrogen and oxygen atoms in total. The molecule has 6 rings (SSSR count). The Morgan fingerprint density at radius 2 is 1.86 bits per heavy atom. The number of anilines is 1. The summed E-state index contributed by atoms with van der Waals surface area (Å²) in [5, 5.41) is 15.5. The molecule has 0 aliphatic carbocycles. The Morgan fingerprint density at radius 1 is 1.06 bits per heavy atom. The molecular formula is C29H27FN2O3. The van der Waals surface area contributed by atoms with E-state index in [4.69, 9.17) is 4.74 Å². The first-order valence-electron chi connectivity index (χ1n) is 12.0. The summed E-state index contributed by atoms with van der Waals surface area (Å²) in [6.07, 6.45) is 3.86. The minimum Gasteiger partial charge on any atom is -0.633 e. The molecule has 3 heterocycles. The highest BCUT2D eigenvalue weighted by Crippen LogP contribution is 2.46. The average Bonchev–Trinajstić information content (AvgIpc) is 3.10. The number of carbonyl (C=O) groups excluding carboxylic acids is 1. The minimum absolute atomic E-state index is 0.00130. The summed E-state index contributed by atoms with van der Waals surface area (Å²) >= 11 is 0. The lowest BCUT2D eigenvalue weighted by molar-refractivity contribution is -0.866. The zero-order valence-electron chi connectivity index (χ0n) is 19.6. The van der Waals surface area contributed by atoms with Gasteiger partial charge in [-0.2, -0.15) is 0 Å². The number of carbonyl (C=O) groups is 1. The van der Waals surface area contributed by atoms with Crippen molar-refractivity contribution in [2.75, 3.05) is 25.5 Å². The second kappa shape index (κ2) is 8.04. The zero-order valence-corrected chi connectivity index (χ0v) is 19.6. The average molecular weight is 471 g/mol. The third-order valence-corrected chi connectivity index (χ3v) is 7.76. The lowest BCUT2D eigenvalue weighted by Crippen LogP contribution is -2.52. The predicted octanol–water partition coefficient (Wildman–Crippen LogP) is 5.43. The maximum atomic E-state index is 13.9. The van der Waals surface area contributed by atoms with Crippen LogP contribution in [0.1, 0.15) is 40.7 Å². The van der Waals surface area contributed by atoms with Crippen molar-refractivity contribution in [3.8, 4) is 5.75 Å². The van der Waals surface area contributed by atoms with Crippen LogP contribution in [0.4, 0.5) is 10.1 Å². The molecule has 1 N–H and O–H groups in total. The Morgan fingerprint density at radius 3 is 2.69 bits per heavy atom. The fourth-order valence-corrected chi connectivity index (χ4v) is 5.68. The number of amides is 1. The van der Waals surface area contributed by atoms with Crippen molar-refractivity contribution < 1.29 is 18.6 Å². The largest absolute Gasteiger partial charge is 0.633 e. The van der Waals surface area contributed by atoms with Crippen LogP contribution < -0.4 is 10.1 Å². The molecule has 0 saturated carbocycles. The van der Waals surface area contributed by atoms with Gasteiger partial charge < -0.3 is 19.9 Å². The summed E-state index contributed by atoms with van der Waals surface area (Å²) in [5.74, 6) is 0.251. The molecule has 0 atom stereocenters. The van der Waals surface area contributed by atoms with Gasteiger partial charge in [0.1, 0.15) is 18.2 Å². The number of hydrogen-bond acceptors (Lipinski definition) is 3. The van der Waals surface area contributed by atoms with Gasteiger partial charge in [-0.15, -0.1) is 0 Å². The van der Waals surface area contributed by atoms with Gasteiger partial charge in [0.05, 0.1) is 25.6 Å². The molecule has 0 radical (unpaired) electrons. The van der Waals surface area contributed by atoms with Gasteiger partial charge in [-0.1, -0.05) is 48.5 Å². The number of rotatable bonds is 1. The molecule has 1 fully saturated rings. The molecule has 1 saturated heterocycles. The van der Waals surface area contributed by atoms with Gasteiger partial charge in [-0.05, 0) is 45.5 Å². The van der Waals surface area contributed by atoms with Crippen molar-refractivity contribution in [3.63, 3.8) is 0 Å². The molecule has 35 heavy (non-hydrogen) atoms. The SMILES string of the molecule is C[N+]1([O-])CCC2(CC1)C(=O)Nc1cc(/C=C3\Cc4ccc(F)cc4OCc4ccccc43)ccc12. The first-order valence-corrected chi connectivity index (χ1v) is 12.0. The number of halogens is 1. The van der Waals surface area contributed by atoms with E-state index < -0.39 is 5.41 Å². The van der Waals surface area contributed by atoms with Crippen molar-refractivity contribution in [1.29, 1.82) is 0 Å². The molecule has 1 spiro atoms. The van der Waals surface area contributed by atoms with Gasteiger partial charge in [-0.25, -0.2) is 4.39 Å². The first-order chi connectivity index (χ1) is 16.8. The molecule has 6 heteroatoms. The lowest BCUT2D eigenvalue weighted by atomic mass is 9.73. The van der Waals surface area contributed by atoms with Crippen LogP contribution in [0.25, 0.3) is 11.6 Å². The molecule has 0 aromatic heterocycles. The van der Waals surface area contributed by atoms with E-state index in [0.717, 1.165) is 39.1 Å².